The molecule has 0 fully saturated rings. The van der Waals surface area contributed by atoms with Crippen molar-refractivity contribution < 1.29 is 0 Å². The summed E-state index contributed by atoms with van der Waals surface area (Å²) in [6, 6.07) is 0. The quantitative estimate of drug-likeness (QED) is 0.491. The van der Waals surface area contributed by atoms with Crippen LogP contribution in [0.15, 0.2) is 10.8 Å². The van der Waals surface area contributed by atoms with Crippen molar-refractivity contribution in [1.29, 1.82) is 0 Å². The lowest BCUT2D eigenvalue weighted by atomic mass is 10.1. The van der Waals surface area contributed by atoms with Crippen molar-refractivity contribution >= 4 is 34.4 Å². The number of aryl methyl sites for hydroxylation is 2. The van der Waals surface area contributed by atoms with Gasteiger partial charge in [-0.15, -0.1) is 54.8 Å². The Hall–Kier alpha value is -2.11. The van der Waals surface area contributed by atoms with Gasteiger partial charge in [-0.05, 0) is 60.7 Å². The van der Waals surface area contributed by atoms with Crippen LogP contribution in [0.5, 0.6) is 0 Å². The predicted octanol–water partition coefficient (Wildman–Crippen LogP) is 3.68. The van der Waals surface area contributed by atoms with Crippen LogP contribution in [0.25, 0.3) is 0 Å². The van der Waals surface area contributed by atoms with E-state index in [1.54, 1.807) is 34.4 Å². The first-order valence-electron chi connectivity index (χ1n) is 8.27. The molecular weight excluding hydrogens is 400 g/mol. The van der Waals surface area contributed by atoms with Crippen LogP contribution in [0.2, 0.25) is 0 Å². The molecule has 8 nitrogen and oxygen atoms in total. The molecule has 0 aromatic carbocycles. The summed E-state index contributed by atoms with van der Waals surface area (Å²) < 4.78 is 0. The Morgan fingerprint density at radius 2 is 1.22 bits per heavy atom. The Kier molecular flexibility index (Phi) is 5.06. The number of aromatic nitrogens is 8. The Labute approximate surface area is 168 Å². The highest BCUT2D eigenvalue weighted by molar-refractivity contribution is 8.00. The van der Waals surface area contributed by atoms with Gasteiger partial charge in [-0.1, -0.05) is 10.4 Å². The first-order chi connectivity index (χ1) is 13.1. The smallest absolute Gasteiger partial charge is 0.177 e. The van der Waals surface area contributed by atoms with Gasteiger partial charge in [0.2, 0.25) is 0 Å². The van der Waals surface area contributed by atoms with Gasteiger partial charge in [-0.2, -0.15) is 10.4 Å². The second kappa shape index (κ2) is 7.49. The fourth-order valence-corrected chi connectivity index (χ4v) is 6.82. The van der Waals surface area contributed by atoms with E-state index in [4.69, 9.17) is 0 Å². The molecule has 4 aromatic heterocycles. The number of tetrazole rings is 2. The molecule has 0 saturated carbocycles. The molecule has 0 aliphatic carbocycles. The summed E-state index contributed by atoms with van der Waals surface area (Å²) in [5, 5.41) is 34.0. The summed E-state index contributed by atoms with van der Waals surface area (Å²) >= 11 is 5.16. The summed E-state index contributed by atoms with van der Waals surface area (Å²) in [7, 11) is 0. The van der Waals surface area contributed by atoms with Crippen LogP contribution in [0.3, 0.4) is 0 Å². The summed E-state index contributed by atoms with van der Waals surface area (Å²) in [6.07, 6.45) is 0. The van der Waals surface area contributed by atoms with Gasteiger partial charge in [0, 0.05) is 9.75 Å². The zero-order chi connectivity index (χ0) is 19.0. The molecule has 2 atom stereocenters. The summed E-state index contributed by atoms with van der Waals surface area (Å²) in [5.41, 5.74) is 5.05. The van der Waals surface area contributed by atoms with E-state index < -0.39 is 0 Å². The highest BCUT2D eigenvalue weighted by Gasteiger charge is 2.32. The maximum absolute atomic E-state index is 4.28. The minimum Gasteiger partial charge on any atom is -0.177 e. The number of nitrogens with zero attached hydrogens (tertiary/aromatic N) is 6. The zero-order valence-corrected chi connectivity index (χ0v) is 17.7. The second-order valence-electron chi connectivity index (χ2n) is 6.25. The van der Waals surface area contributed by atoms with Gasteiger partial charge in [-0.25, -0.2) is 0 Å². The van der Waals surface area contributed by atoms with Gasteiger partial charge in [0.05, 0.1) is 0 Å². The van der Waals surface area contributed by atoms with Crippen LogP contribution < -0.4 is 0 Å². The minimum atomic E-state index is -0.0762. The van der Waals surface area contributed by atoms with Gasteiger partial charge in [0.1, 0.15) is 10.5 Å². The van der Waals surface area contributed by atoms with E-state index in [-0.39, 0.29) is 10.5 Å². The van der Waals surface area contributed by atoms with Gasteiger partial charge in [0.25, 0.3) is 0 Å². The molecule has 2 N–H and O–H groups in total. The van der Waals surface area contributed by atoms with E-state index in [2.05, 4.69) is 79.7 Å². The molecule has 0 aliphatic heterocycles. The first-order valence-corrected chi connectivity index (χ1v) is 11.0. The van der Waals surface area contributed by atoms with E-state index in [0.717, 1.165) is 0 Å². The second-order valence-corrected chi connectivity index (χ2v) is 9.29. The lowest BCUT2D eigenvalue weighted by molar-refractivity contribution is 0.881. The highest BCUT2D eigenvalue weighted by Crippen LogP contribution is 2.50. The van der Waals surface area contributed by atoms with Crippen LogP contribution in [-0.4, -0.2) is 41.2 Å². The molecule has 0 saturated heterocycles. The van der Waals surface area contributed by atoms with E-state index in [1.807, 2.05) is 0 Å². The van der Waals surface area contributed by atoms with Crippen LogP contribution >= 0.6 is 34.4 Å². The van der Waals surface area contributed by atoms with Gasteiger partial charge >= 0.3 is 0 Å². The van der Waals surface area contributed by atoms with E-state index in [1.165, 1.54) is 32.0 Å². The summed E-state index contributed by atoms with van der Waals surface area (Å²) in [6.45, 7) is 8.52. The molecule has 4 heterocycles. The summed E-state index contributed by atoms with van der Waals surface area (Å²) in [4.78, 5) is 2.44. The van der Waals surface area contributed by atoms with Crippen LogP contribution in [-0.2, 0) is 0 Å². The molecule has 0 radical (unpaired) electrons. The van der Waals surface area contributed by atoms with E-state index in [9.17, 15) is 0 Å². The normalized spacial score (nSPS) is 13.8. The molecule has 0 bridgehead atoms. The Balaban J connectivity index is 1.79. The summed E-state index contributed by atoms with van der Waals surface area (Å²) in [5.74, 6) is 1.31. The number of thiophene rings is 2. The molecule has 0 amide bonds. The van der Waals surface area contributed by atoms with Crippen molar-refractivity contribution in [2.45, 2.75) is 38.2 Å². The largest absolute Gasteiger partial charge is 0.192 e. The molecule has 4 rings (SSSR count). The lowest BCUT2D eigenvalue weighted by Crippen LogP contribution is -2.07. The van der Waals surface area contributed by atoms with E-state index in [0.29, 0.717) is 11.6 Å². The third kappa shape index (κ3) is 3.42. The van der Waals surface area contributed by atoms with Crippen molar-refractivity contribution in [3.05, 3.63) is 54.4 Å². The topological polar surface area (TPSA) is 109 Å². The van der Waals surface area contributed by atoms with Crippen LogP contribution in [0, 0.1) is 27.7 Å². The standard InChI is InChI=1S/C16H18N8S3/c1-7-5-25-11(9(7)3)13(15-17-21-22-18-15)27-14(16-19-23-24-20-16)12-10(4)8(2)6-26-12/h5-6,13-14H,1-4H3,(H,17,18,21,22)(H,19,20,23,24). The van der Waals surface area contributed by atoms with Crippen LogP contribution in [0.4, 0.5) is 0 Å². The van der Waals surface area contributed by atoms with Crippen molar-refractivity contribution in [3.8, 4) is 0 Å². The monoisotopic (exact) mass is 418 g/mol. The average Bonchev–Trinajstić information content (AvgIpc) is 3.45. The molecule has 2 unspecified atom stereocenters. The molecule has 0 spiro atoms. The number of nitrogens with one attached hydrogen (secondary N) is 2. The molecule has 140 valence electrons. The SMILES string of the molecule is Cc1csc(C(SC(c2nn[nH]n2)c2scc(C)c2C)c2nn[nH]n2)c1C. The third-order valence-corrected chi connectivity index (χ3v) is 8.86. The number of hydrogen-bond acceptors (Lipinski definition) is 9. The fraction of sp³-hybridized carbons (Fsp3) is 0.375. The Morgan fingerprint density at radius 1 is 0.778 bits per heavy atom. The van der Waals surface area contributed by atoms with Crippen molar-refractivity contribution in [2.75, 3.05) is 0 Å². The number of thioether (sulfide) groups is 1. The van der Waals surface area contributed by atoms with Crippen molar-refractivity contribution in [2.24, 2.45) is 0 Å². The molecular formula is C16H18N8S3. The third-order valence-electron chi connectivity index (χ3n) is 4.59. The lowest BCUT2D eigenvalue weighted by Gasteiger charge is -2.19. The first kappa shape index (κ1) is 18.3. The Morgan fingerprint density at radius 3 is 1.52 bits per heavy atom. The number of rotatable bonds is 6. The molecule has 11 heteroatoms. The van der Waals surface area contributed by atoms with E-state index >= 15 is 0 Å². The van der Waals surface area contributed by atoms with Gasteiger partial charge in [-0.3, -0.25) is 0 Å². The van der Waals surface area contributed by atoms with Crippen molar-refractivity contribution in [1.82, 2.24) is 41.2 Å². The zero-order valence-electron chi connectivity index (χ0n) is 15.2. The minimum absolute atomic E-state index is 0.0762. The maximum Gasteiger partial charge on any atom is 0.192 e. The molecule has 27 heavy (non-hydrogen) atoms. The average molecular weight is 419 g/mol. The number of H-pyrrole nitrogens is 2. The number of hydrogen-bond donors (Lipinski definition) is 2. The fourth-order valence-electron chi connectivity index (χ4n) is 2.74. The maximum atomic E-state index is 4.28. The molecule has 0 aliphatic rings. The number of aromatic amines is 2. The molecule has 4 aromatic rings. The van der Waals surface area contributed by atoms with Crippen molar-refractivity contribution in [3.63, 3.8) is 0 Å². The van der Waals surface area contributed by atoms with Gasteiger partial charge in [0.15, 0.2) is 11.6 Å². The Bertz CT molecular complexity index is 936. The van der Waals surface area contributed by atoms with Gasteiger partial charge < -0.3 is 0 Å². The van der Waals surface area contributed by atoms with Crippen LogP contribution in [0.1, 0.15) is 54.2 Å². The highest BCUT2D eigenvalue weighted by atomic mass is 32.2. The predicted molar refractivity (Wildman–Crippen MR) is 107 cm³/mol.